The zero-order valence-electron chi connectivity index (χ0n) is 15.8. The molecule has 1 saturated heterocycles. The number of ether oxygens (including phenoxy) is 2. The largest absolute Gasteiger partial charge is 0.493 e. The minimum atomic E-state index is -1.26. The molecule has 1 fully saturated rings. The van der Waals surface area contributed by atoms with Crippen molar-refractivity contribution in [3.63, 3.8) is 0 Å². The molecule has 8 nitrogen and oxygen atoms in total. The number of methoxy groups -OCH3 is 1. The molecule has 3 rings (SSSR count). The highest BCUT2D eigenvalue weighted by Gasteiger charge is 2.50. The Balaban J connectivity index is 1.81. The number of benzene rings is 2. The normalized spacial score (nSPS) is 18.6. The van der Waals surface area contributed by atoms with Crippen molar-refractivity contribution in [1.29, 1.82) is 0 Å². The van der Waals surface area contributed by atoms with Gasteiger partial charge in [-0.25, -0.2) is 4.79 Å². The summed E-state index contributed by atoms with van der Waals surface area (Å²) in [5.41, 5.74) is 1.93. The molecule has 0 bridgehead atoms. The fraction of sp³-hybridized carbons (Fsp3) is 0.250. The lowest BCUT2D eigenvalue weighted by atomic mass is 9.92. The van der Waals surface area contributed by atoms with Gasteiger partial charge >= 0.3 is 6.03 Å². The van der Waals surface area contributed by atoms with Crippen LogP contribution in [0.3, 0.4) is 0 Å². The Morgan fingerprint density at radius 1 is 1.14 bits per heavy atom. The van der Waals surface area contributed by atoms with Crippen LogP contribution in [0, 0.1) is 0 Å². The first kappa shape index (κ1) is 19.2. The molecule has 1 unspecified atom stereocenters. The van der Waals surface area contributed by atoms with Crippen LogP contribution in [0.25, 0.3) is 0 Å². The van der Waals surface area contributed by atoms with Crippen LogP contribution in [-0.2, 0) is 10.3 Å². The molecule has 4 amide bonds. The van der Waals surface area contributed by atoms with E-state index in [1.54, 1.807) is 37.3 Å². The maximum absolute atomic E-state index is 12.9. The van der Waals surface area contributed by atoms with Gasteiger partial charge in [-0.2, -0.15) is 5.01 Å². The van der Waals surface area contributed by atoms with Gasteiger partial charge in [0.05, 0.1) is 13.7 Å². The molecule has 0 aliphatic carbocycles. The van der Waals surface area contributed by atoms with E-state index in [9.17, 15) is 14.4 Å². The molecule has 1 atom stereocenters. The maximum Gasteiger partial charge on any atom is 0.344 e. The second-order valence-corrected chi connectivity index (χ2v) is 6.30. The summed E-state index contributed by atoms with van der Waals surface area (Å²) >= 11 is 0. The number of nitrogens with one attached hydrogen (secondary N) is 2. The second kappa shape index (κ2) is 7.59. The Bertz CT molecular complexity index is 915. The van der Waals surface area contributed by atoms with E-state index in [2.05, 4.69) is 10.7 Å². The monoisotopic (exact) mass is 383 g/mol. The molecular weight excluding hydrogens is 362 g/mol. The molecule has 1 aliphatic heterocycles. The van der Waals surface area contributed by atoms with Gasteiger partial charge in [0.15, 0.2) is 11.5 Å². The van der Waals surface area contributed by atoms with Gasteiger partial charge < -0.3 is 14.8 Å². The number of carbonyl (C=O) groups is 3. The van der Waals surface area contributed by atoms with Crippen molar-refractivity contribution in [1.82, 2.24) is 15.8 Å². The quantitative estimate of drug-likeness (QED) is 0.746. The van der Waals surface area contributed by atoms with E-state index in [1.165, 1.54) is 19.2 Å². The predicted octanol–water partition coefficient (Wildman–Crippen LogP) is 2.21. The Hall–Kier alpha value is -3.55. The first-order valence-electron chi connectivity index (χ1n) is 8.74. The predicted molar refractivity (Wildman–Crippen MR) is 101 cm³/mol. The summed E-state index contributed by atoms with van der Waals surface area (Å²) < 4.78 is 10.6. The van der Waals surface area contributed by atoms with Crippen LogP contribution in [0.15, 0.2) is 48.5 Å². The summed E-state index contributed by atoms with van der Waals surface area (Å²) in [6.07, 6.45) is 0. The number of hydrogen-bond acceptors (Lipinski definition) is 5. The minimum absolute atomic E-state index is 0.217. The number of carbonyl (C=O) groups excluding carboxylic acids is 3. The number of hydrogen-bond donors (Lipinski definition) is 2. The van der Waals surface area contributed by atoms with E-state index in [-0.39, 0.29) is 5.56 Å². The molecule has 0 radical (unpaired) electrons. The SMILES string of the molecule is CCOc1ccc(C(=O)NN2C(=O)NC(C)(c3ccccc3)C2=O)cc1OC. The van der Waals surface area contributed by atoms with Crippen molar-refractivity contribution in [2.45, 2.75) is 19.4 Å². The summed E-state index contributed by atoms with van der Waals surface area (Å²) in [4.78, 5) is 37.8. The molecule has 146 valence electrons. The van der Waals surface area contributed by atoms with Gasteiger partial charge in [-0.05, 0) is 37.6 Å². The van der Waals surface area contributed by atoms with E-state index < -0.39 is 23.4 Å². The Kier molecular flexibility index (Phi) is 5.21. The average Bonchev–Trinajstić information content (AvgIpc) is 2.93. The first-order chi connectivity index (χ1) is 13.4. The third kappa shape index (κ3) is 3.36. The van der Waals surface area contributed by atoms with Crippen LogP contribution in [-0.4, -0.2) is 36.6 Å². The van der Waals surface area contributed by atoms with E-state index in [0.29, 0.717) is 28.7 Å². The molecule has 28 heavy (non-hydrogen) atoms. The van der Waals surface area contributed by atoms with Crippen molar-refractivity contribution in [3.05, 3.63) is 59.7 Å². The fourth-order valence-corrected chi connectivity index (χ4v) is 2.96. The average molecular weight is 383 g/mol. The van der Waals surface area contributed by atoms with Crippen LogP contribution < -0.4 is 20.2 Å². The van der Waals surface area contributed by atoms with Gasteiger partial charge in [0, 0.05) is 5.56 Å². The van der Waals surface area contributed by atoms with Crippen molar-refractivity contribution in [2.24, 2.45) is 0 Å². The summed E-state index contributed by atoms with van der Waals surface area (Å²) in [6.45, 7) is 3.87. The smallest absolute Gasteiger partial charge is 0.344 e. The molecule has 0 aromatic heterocycles. The highest BCUT2D eigenvalue weighted by atomic mass is 16.5. The highest BCUT2D eigenvalue weighted by molar-refractivity contribution is 6.09. The summed E-state index contributed by atoms with van der Waals surface area (Å²) in [5, 5.41) is 3.32. The molecular formula is C20H21N3O5. The van der Waals surface area contributed by atoms with E-state index in [4.69, 9.17) is 9.47 Å². The van der Waals surface area contributed by atoms with Gasteiger partial charge in [-0.15, -0.1) is 0 Å². The van der Waals surface area contributed by atoms with Gasteiger partial charge in [-0.3, -0.25) is 15.0 Å². The molecule has 0 spiro atoms. The number of imide groups is 1. The fourth-order valence-electron chi connectivity index (χ4n) is 2.96. The Labute approximate surface area is 162 Å². The number of urea groups is 1. The van der Waals surface area contributed by atoms with Gasteiger partial charge in [0.25, 0.3) is 11.8 Å². The lowest BCUT2D eigenvalue weighted by molar-refractivity contribution is -0.132. The minimum Gasteiger partial charge on any atom is -0.493 e. The summed E-state index contributed by atoms with van der Waals surface area (Å²) in [6, 6.07) is 12.7. The molecule has 2 aromatic rings. The van der Waals surface area contributed by atoms with Crippen molar-refractivity contribution in [3.8, 4) is 11.5 Å². The van der Waals surface area contributed by atoms with E-state index in [1.807, 2.05) is 13.0 Å². The lowest BCUT2D eigenvalue weighted by Crippen LogP contribution is -2.47. The highest BCUT2D eigenvalue weighted by Crippen LogP contribution is 2.29. The molecule has 1 heterocycles. The van der Waals surface area contributed by atoms with Crippen molar-refractivity contribution < 1.29 is 23.9 Å². The van der Waals surface area contributed by atoms with Crippen molar-refractivity contribution >= 4 is 17.8 Å². The Morgan fingerprint density at radius 3 is 2.50 bits per heavy atom. The third-order valence-corrected chi connectivity index (χ3v) is 4.48. The van der Waals surface area contributed by atoms with Crippen LogP contribution >= 0.6 is 0 Å². The molecule has 2 N–H and O–H groups in total. The molecule has 8 heteroatoms. The zero-order chi connectivity index (χ0) is 20.3. The summed E-state index contributed by atoms with van der Waals surface area (Å²) in [5.74, 6) is -0.328. The molecule has 1 aliphatic rings. The van der Waals surface area contributed by atoms with E-state index in [0.717, 1.165) is 0 Å². The standard InChI is InChI=1S/C20H21N3O5/c1-4-28-15-11-10-13(12-16(15)27-3)17(24)22-23-18(25)20(2,21-19(23)26)14-8-6-5-7-9-14/h5-12H,4H2,1-3H3,(H,21,26)(H,22,24). The lowest BCUT2D eigenvalue weighted by Gasteiger charge is -2.22. The first-order valence-corrected chi connectivity index (χ1v) is 8.74. The second-order valence-electron chi connectivity index (χ2n) is 6.30. The van der Waals surface area contributed by atoms with Crippen LogP contribution in [0.4, 0.5) is 4.79 Å². The number of rotatable bonds is 6. The number of hydrazine groups is 1. The molecule has 0 saturated carbocycles. The van der Waals surface area contributed by atoms with Crippen molar-refractivity contribution in [2.75, 3.05) is 13.7 Å². The van der Waals surface area contributed by atoms with Gasteiger partial charge in [-0.1, -0.05) is 30.3 Å². The summed E-state index contributed by atoms with van der Waals surface area (Å²) in [7, 11) is 1.46. The van der Waals surface area contributed by atoms with Gasteiger partial charge in [0.1, 0.15) is 5.54 Å². The number of amides is 4. The topological polar surface area (TPSA) is 97.0 Å². The molecule has 2 aromatic carbocycles. The van der Waals surface area contributed by atoms with E-state index >= 15 is 0 Å². The van der Waals surface area contributed by atoms with Crippen LogP contribution in [0.1, 0.15) is 29.8 Å². The maximum atomic E-state index is 12.9. The Morgan fingerprint density at radius 2 is 1.86 bits per heavy atom. The van der Waals surface area contributed by atoms with Gasteiger partial charge in [0.2, 0.25) is 0 Å². The van der Waals surface area contributed by atoms with Crippen LogP contribution in [0.2, 0.25) is 0 Å². The zero-order valence-corrected chi connectivity index (χ0v) is 15.8. The number of nitrogens with zero attached hydrogens (tertiary/aromatic N) is 1. The van der Waals surface area contributed by atoms with Crippen LogP contribution in [0.5, 0.6) is 11.5 Å². The third-order valence-electron chi connectivity index (χ3n) is 4.48.